The van der Waals surface area contributed by atoms with E-state index in [1.54, 1.807) is 72.1 Å². The van der Waals surface area contributed by atoms with Crippen molar-refractivity contribution in [1.82, 2.24) is 4.90 Å². The molecule has 3 rings (SSSR count). The zero-order chi connectivity index (χ0) is 23.3. The van der Waals surface area contributed by atoms with E-state index in [1.165, 1.54) is 11.4 Å². The maximum atomic E-state index is 12.9. The third kappa shape index (κ3) is 5.27. The number of piperidine rings is 1. The summed E-state index contributed by atoms with van der Waals surface area (Å²) in [6.45, 7) is 3.12. The lowest BCUT2D eigenvalue weighted by atomic mass is 9.96. The third-order valence-corrected chi connectivity index (χ3v) is 8.14. The van der Waals surface area contributed by atoms with Gasteiger partial charge in [0.15, 0.2) is 0 Å². The van der Waals surface area contributed by atoms with Crippen LogP contribution in [-0.2, 0) is 19.6 Å². The molecular weight excluding hydrogens is 448 g/mol. The topological polar surface area (TPSA) is 84.0 Å². The van der Waals surface area contributed by atoms with Crippen LogP contribution in [0, 0.1) is 5.92 Å². The van der Waals surface area contributed by atoms with Crippen molar-refractivity contribution >= 4 is 39.3 Å². The van der Waals surface area contributed by atoms with Crippen molar-refractivity contribution in [3.05, 3.63) is 54.1 Å². The molecule has 32 heavy (non-hydrogen) atoms. The lowest BCUT2D eigenvalue weighted by molar-refractivity contribution is -0.149. The fraction of sp³-hybridized carbons (Fsp3) is 0.391. The van der Waals surface area contributed by atoms with E-state index in [4.69, 9.17) is 4.74 Å². The average molecular weight is 477 g/mol. The Bertz CT molecular complexity index is 1040. The van der Waals surface area contributed by atoms with Crippen LogP contribution in [0.15, 0.2) is 58.3 Å². The molecule has 1 fully saturated rings. The summed E-state index contributed by atoms with van der Waals surface area (Å²) in [4.78, 5) is 27.6. The molecule has 0 N–H and O–H groups in total. The number of nitrogens with zero attached hydrogens (tertiary/aromatic N) is 2. The number of hydrogen-bond acceptors (Lipinski definition) is 6. The van der Waals surface area contributed by atoms with Crippen molar-refractivity contribution in [1.29, 1.82) is 0 Å². The molecule has 2 aromatic rings. The van der Waals surface area contributed by atoms with Gasteiger partial charge < -0.3 is 9.64 Å². The van der Waals surface area contributed by atoms with Crippen molar-refractivity contribution in [3.8, 4) is 0 Å². The van der Waals surface area contributed by atoms with E-state index in [2.05, 4.69) is 0 Å². The second kappa shape index (κ2) is 10.4. The molecule has 1 heterocycles. The van der Waals surface area contributed by atoms with E-state index in [1.807, 2.05) is 6.26 Å². The molecule has 0 saturated carbocycles. The summed E-state index contributed by atoms with van der Waals surface area (Å²) in [6.07, 6.45) is 3.10. The SMILES string of the molecule is CCOC(=O)C1CCN(C(=O)c2ccc(N(C)S(=O)(=O)c3ccc(SC)cc3)cc2)CC1. The normalized spacial score (nSPS) is 14.8. The number of thioether (sulfide) groups is 1. The number of amides is 1. The number of hydrogen-bond donors (Lipinski definition) is 0. The molecule has 1 saturated heterocycles. The van der Waals surface area contributed by atoms with Gasteiger partial charge in [0.05, 0.1) is 23.1 Å². The average Bonchev–Trinajstić information content (AvgIpc) is 2.83. The smallest absolute Gasteiger partial charge is 0.309 e. The minimum Gasteiger partial charge on any atom is -0.466 e. The van der Waals surface area contributed by atoms with E-state index in [-0.39, 0.29) is 22.7 Å². The first-order chi connectivity index (χ1) is 15.3. The van der Waals surface area contributed by atoms with E-state index in [0.717, 1.165) is 4.90 Å². The number of sulfonamides is 1. The van der Waals surface area contributed by atoms with Gasteiger partial charge in [0.25, 0.3) is 15.9 Å². The molecule has 0 aliphatic carbocycles. The van der Waals surface area contributed by atoms with Gasteiger partial charge in [-0.1, -0.05) is 0 Å². The van der Waals surface area contributed by atoms with E-state index < -0.39 is 10.0 Å². The van der Waals surface area contributed by atoms with E-state index in [9.17, 15) is 18.0 Å². The maximum Gasteiger partial charge on any atom is 0.309 e. The monoisotopic (exact) mass is 476 g/mol. The molecule has 0 spiro atoms. The number of esters is 1. The van der Waals surface area contributed by atoms with Gasteiger partial charge in [0.1, 0.15) is 0 Å². The maximum absolute atomic E-state index is 12.9. The van der Waals surface area contributed by atoms with Crippen molar-refractivity contribution < 1.29 is 22.7 Å². The Morgan fingerprint density at radius 3 is 2.19 bits per heavy atom. The Hall–Kier alpha value is -2.52. The van der Waals surface area contributed by atoms with Gasteiger partial charge in [-0.3, -0.25) is 13.9 Å². The van der Waals surface area contributed by atoms with Crippen LogP contribution in [0.3, 0.4) is 0 Å². The number of ether oxygens (including phenoxy) is 1. The third-order valence-electron chi connectivity index (χ3n) is 5.60. The molecule has 1 aliphatic heterocycles. The van der Waals surface area contributed by atoms with Gasteiger partial charge in [0, 0.05) is 30.6 Å². The molecule has 1 aliphatic rings. The van der Waals surface area contributed by atoms with E-state index >= 15 is 0 Å². The summed E-state index contributed by atoms with van der Waals surface area (Å²) in [7, 11) is -2.21. The van der Waals surface area contributed by atoms with Gasteiger partial charge in [-0.25, -0.2) is 8.42 Å². The zero-order valence-corrected chi connectivity index (χ0v) is 20.1. The summed E-state index contributed by atoms with van der Waals surface area (Å²) in [5.74, 6) is -0.487. The van der Waals surface area contributed by atoms with Crippen molar-refractivity contribution in [2.75, 3.05) is 37.3 Å². The first-order valence-electron chi connectivity index (χ1n) is 10.5. The first-order valence-corrected chi connectivity index (χ1v) is 13.1. The van der Waals surface area contributed by atoms with Crippen molar-refractivity contribution in [3.63, 3.8) is 0 Å². The van der Waals surface area contributed by atoms with Crippen molar-refractivity contribution in [2.24, 2.45) is 5.92 Å². The lowest BCUT2D eigenvalue weighted by Gasteiger charge is -2.31. The van der Waals surface area contributed by atoms with Gasteiger partial charge in [-0.05, 0) is 74.6 Å². The Labute approximate surface area is 193 Å². The molecule has 0 atom stereocenters. The van der Waals surface area contributed by atoms with Crippen molar-refractivity contribution in [2.45, 2.75) is 29.6 Å². The quantitative estimate of drug-likeness (QED) is 0.448. The minimum absolute atomic E-state index is 0.128. The molecule has 7 nitrogen and oxygen atoms in total. The van der Waals surface area contributed by atoms with Crippen LogP contribution in [-0.4, -0.2) is 58.2 Å². The fourth-order valence-electron chi connectivity index (χ4n) is 3.62. The van der Waals surface area contributed by atoms with Crippen LogP contribution in [0.1, 0.15) is 30.1 Å². The summed E-state index contributed by atoms with van der Waals surface area (Å²) in [5, 5.41) is 0. The first kappa shape index (κ1) is 24.1. The predicted molar refractivity (Wildman–Crippen MR) is 126 cm³/mol. The van der Waals surface area contributed by atoms with Crippen LogP contribution >= 0.6 is 11.8 Å². The van der Waals surface area contributed by atoms with Gasteiger partial charge in [-0.15, -0.1) is 11.8 Å². The molecular formula is C23H28N2O5S2. The predicted octanol–water partition coefficient (Wildman–Crippen LogP) is 3.65. The zero-order valence-electron chi connectivity index (χ0n) is 18.5. The second-order valence-electron chi connectivity index (χ2n) is 7.51. The number of likely N-dealkylation sites (tertiary alicyclic amines) is 1. The molecule has 0 bridgehead atoms. The van der Waals surface area contributed by atoms with Gasteiger partial charge in [-0.2, -0.15) is 0 Å². The summed E-state index contributed by atoms with van der Waals surface area (Å²) < 4.78 is 32.2. The molecule has 0 aromatic heterocycles. The van der Waals surface area contributed by atoms with Crippen LogP contribution in [0.25, 0.3) is 0 Å². The molecule has 9 heteroatoms. The number of rotatable bonds is 7. The van der Waals surface area contributed by atoms with E-state index in [0.29, 0.717) is 43.8 Å². The fourth-order valence-corrected chi connectivity index (χ4v) is 5.22. The summed E-state index contributed by atoms with van der Waals surface area (Å²) in [6, 6.07) is 13.3. The highest BCUT2D eigenvalue weighted by Crippen LogP contribution is 2.25. The number of anilines is 1. The number of carbonyl (C=O) groups is 2. The van der Waals surface area contributed by atoms with Crippen LogP contribution in [0.4, 0.5) is 5.69 Å². The minimum atomic E-state index is -3.70. The van der Waals surface area contributed by atoms with Crippen LogP contribution in [0.5, 0.6) is 0 Å². The van der Waals surface area contributed by atoms with Gasteiger partial charge >= 0.3 is 5.97 Å². The van der Waals surface area contributed by atoms with Gasteiger partial charge in [0.2, 0.25) is 0 Å². The largest absolute Gasteiger partial charge is 0.466 e. The lowest BCUT2D eigenvalue weighted by Crippen LogP contribution is -2.40. The van der Waals surface area contributed by atoms with Crippen LogP contribution < -0.4 is 4.31 Å². The highest BCUT2D eigenvalue weighted by Gasteiger charge is 2.29. The number of benzene rings is 2. The molecule has 1 amide bonds. The Balaban J connectivity index is 1.66. The summed E-state index contributed by atoms with van der Waals surface area (Å²) >= 11 is 1.55. The highest BCUT2D eigenvalue weighted by atomic mass is 32.2. The molecule has 2 aromatic carbocycles. The molecule has 0 radical (unpaired) electrons. The molecule has 0 unspecified atom stereocenters. The standard InChI is InChI=1S/C23H28N2O5S2/c1-4-30-23(27)18-13-15-25(16-14-18)22(26)17-5-7-19(8-6-17)24(2)32(28,29)21-11-9-20(31-3)10-12-21/h5-12,18H,4,13-16H2,1-3H3. The van der Waals surface area contributed by atoms with Crippen LogP contribution in [0.2, 0.25) is 0 Å². The summed E-state index contributed by atoms with van der Waals surface area (Å²) in [5.41, 5.74) is 0.954. The molecule has 172 valence electrons. The highest BCUT2D eigenvalue weighted by molar-refractivity contribution is 7.98. The second-order valence-corrected chi connectivity index (χ2v) is 10.4. The Morgan fingerprint density at radius 1 is 1.06 bits per heavy atom. The Kier molecular flexibility index (Phi) is 7.84. The number of carbonyl (C=O) groups excluding carboxylic acids is 2. The Morgan fingerprint density at radius 2 is 1.66 bits per heavy atom.